The Morgan fingerprint density at radius 2 is 1.76 bits per heavy atom. The first-order valence-corrected chi connectivity index (χ1v) is 8.36. The second kappa shape index (κ2) is 10.8. The van der Waals surface area contributed by atoms with E-state index in [0.717, 1.165) is 32.4 Å². The molecule has 4 N–H and O–H groups in total. The molecule has 3 nitrogen and oxygen atoms in total. The Hall–Kier alpha value is -0.900. The number of nitrogens with one attached hydrogen (secondary N) is 2. The SMILES string of the molecule is CCCN[C@H](CN[C@@H](CN)CC(C)C)Cc1ccccc1. The maximum atomic E-state index is 5.88. The predicted molar refractivity (Wildman–Crippen MR) is 92.5 cm³/mol. The lowest BCUT2D eigenvalue weighted by Crippen LogP contribution is -2.46. The summed E-state index contributed by atoms with van der Waals surface area (Å²) < 4.78 is 0. The molecule has 0 spiro atoms. The fourth-order valence-electron chi connectivity index (χ4n) is 2.60. The zero-order valence-electron chi connectivity index (χ0n) is 13.9. The van der Waals surface area contributed by atoms with Gasteiger partial charge in [-0.05, 0) is 37.3 Å². The largest absolute Gasteiger partial charge is 0.329 e. The van der Waals surface area contributed by atoms with Crippen LogP contribution in [0.25, 0.3) is 0 Å². The van der Waals surface area contributed by atoms with Gasteiger partial charge < -0.3 is 16.4 Å². The topological polar surface area (TPSA) is 50.1 Å². The minimum Gasteiger partial charge on any atom is -0.329 e. The predicted octanol–water partition coefficient (Wildman–Crippen LogP) is 2.56. The lowest BCUT2D eigenvalue weighted by molar-refractivity contribution is 0.386. The maximum absolute atomic E-state index is 5.88. The minimum absolute atomic E-state index is 0.423. The van der Waals surface area contributed by atoms with Crippen molar-refractivity contribution >= 4 is 0 Å². The molecule has 1 aromatic rings. The monoisotopic (exact) mass is 291 g/mol. The highest BCUT2D eigenvalue weighted by Crippen LogP contribution is 2.06. The average Bonchev–Trinajstić information content (AvgIpc) is 2.49. The van der Waals surface area contributed by atoms with Crippen molar-refractivity contribution in [3.8, 4) is 0 Å². The van der Waals surface area contributed by atoms with Gasteiger partial charge in [0.15, 0.2) is 0 Å². The first kappa shape index (κ1) is 18.1. The van der Waals surface area contributed by atoms with Crippen LogP contribution in [-0.2, 0) is 6.42 Å². The van der Waals surface area contributed by atoms with Crippen molar-refractivity contribution in [2.75, 3.05) is 19.6 Å². The second-order valence-corrected chi connectivity index (χ2v) is 6.31. The van der Waals surface area contributed by atoms with Gasteiger partial charge in [0.2, 0.25) is 0 Å². The van der Waals surface area contributed by atoms with Crippen molar-refractivity contribution in [3.63, 3.8) is 0 Å². The lowest BCUT2D eigenvalue weighted by Gasteiger charge is -2.24. The van der Waals surface area contributed by atoms with Gasteiger partial charge in [-0.1, -0.05) is 51.1 Å². The second-order valence-electron chi connectivity index (χ2n) is 6.31. The normalized spacial score (nSPS) is 14.3. The molecule has 1 aromatic carbocycles. The van der Waals surface area contributed by atoms with Gasteiger partial charge in [-0.3, -0.25) is 0 Å². The van der Waals surface area contributed by atoms with Crippen molar-refractivity contribution in [1.82, 2.24) is 10.6 Å². The number of rotatable bonds is 11. The van der Waals surface area contributed by atoms with Crippen LogP contribution in [0.3, 0.4) is 0 Å². The first-order valence-electron chi connectivity index (χ1n) is 8.36. The summed E-state index contributed by atoms with van der Waals surface area (Å²) >= 11 is 0. The molecule has 0 aliphatic carbocycles. The smallest absolute Gasteiger partial charge is 0.0232 e. The molecule has 0 amide bonds. The van der Waals surface area contributed by atoms with E-state index in [0.29, 0.717) is 24.5 Å². The molecular weight excluding hydrogens is 258 g/mol. The van der Waals surface area contributed by atoms with Crippen LogP contribution in [0.2, 0.25) is 0 Å². The molecule has 120 valence electrons. The van der Waals surface area contributed by atoms with Gasteiger partial charge in [0.1, 0.15) is 0 Å². The van der Waals surface area contributed by atoms with Gasteiger partial charge in [0.25, 0.3) is 0 Å². The standard InChI is InChI=1S/C18H33N3/c1-4-10-20-18(12-16-8-6-5-7-9-16)14-21-17(13-19)11-15(2)3/h5-9,15,17-18,20-21H,4,10-14,19H2,1-3H3/t17-,18+/m1/s1. The van der Waals surface area contributed by atoms with Crippen LogP contribution in [0, 0.1) is 5.92 Å². The van der Waals surface area contributed by atoms with E-state index in [2.05, 4.69) is 61.7 Å². The first-order chi connectivity index (χ1) is 10.2. The molecule has 0 unspecified atom stereocenters. The Labute approximate surface area is 130 Å². The van der Waals surface area contributed by atoms with E-state index >= 15 is 0 Å². The van der Waals surface area contributed by atoms with E-state index in [1.54, 1.807) is 0 Å². The van der Waals surface area contributed by atoms with Crippen LogP contribution in [0.1, 0.15) is 39.2 Å². The number of hydrogen-bond donors (Lipinski definition) is 3. The zero-order valence-corrected chi connectivity index (χ0v) is 13.9. The van der Waals surface area contributed by atoms with Gasteiger partial charge >= 0.3 is 0 Å². The number of nitrogens with two attached hydrogens (primary N) is 1. The van der Waals surface area contributed by atoms with Crippen LogP contribution in [0.15, 0.2) is 30.3 Å². The van der Waals surface area contributed by atoms with Crippen molar-refractivity contribution in [3.05, 3.63) is 35.9 Å². The molecule has 1 rings (SSSR count). The zero-order chi connectivity index (χ0) is 15.5. The van der Waals surface area contributed by atoms with Gasteiger partial charge in [-0.15, -0.1) is 0 Å². The minimum atomic E-state index is 0.423. The summed E-state index contributed by atoms with van der Waals surface area (Å²) in [5, 5.41) is 7.29. The van der Waals surface area contributed by atoms with E-state index in [9.17, 15) is 0 Å². The van der Waals surface area contributed by atoms with Crippen molar-refractivity contribution in [2.45, 2.75) is 52.1 Å². The van der Waals surface area contributed by atoms with E-state index in [4.69, 9.17) is 5.73 Å². The molecule has 21 heavy (non-hydrogen) atoms. The van der Waals surface area contributed by atoms with Crippen molar-refractivity contribution in [2.24, 2.45) is 11.7 Å². The summed E-state index contributed by atoms with van der Waals surface area (Å²) in [4.78, 5) is 0. The number of hydrogen-bond acceptors (Lipinski definition) is 3. The molecule has 0 saturated heterocycles. The van der Waals surface area contributed by atoms with Crippen molar-refractivity contribution in [1.29, 1.82) is 0 Å². The summed E-state index contributed by atoms with van der Waals surface area (Å²) in [6.07, 6.45) is 3.37. The highest BCUT2D eigenvalue weighted by atomic mass is 15.0. The molecule has 0 aliphatic heterocycles. The molecule has 0 heterocycles. The van der Waals surface area contributed by atoms with E-state index in [1.807, 2.05) is 0 Å². The quantitative estimate of drug-likeness (QED) is 0.587. The summed E-state index contributed by atoms with van der Waals surface area (Å²) in [6, 6.07) is 11.6. The summed E-state index contributed by atoms with van der Waals surface area (Å²) in [5.41, 5.74) is 7.27. The van der Waals surface area contributed by atoms with Crippen LogP contribution in [0.5, 0.6) is 0 Å². The fourth-order valence-corrected chi connectivity index (χ4v) is 2.60. The van der Waals surface area contributed by atoms with Crippen molar-refractivity contribution < 1.29 is 0 Å². The lowest BCUT2D eigenvalue weighted by atomic mass is 10.0. The Bertz CT molecular complexity index is 351. The van der Waals surface area contributed by atoms with Crippen LogP contribution >= 0.6 is 0 Å². The molecule has 0 aromatic heterocycles. The van der Waals surface area contributed by atoms with E-state index < -0.39 is 0 Å². The molecular formula is C18H33N3. The molecule has 0 saturated carbocycles. The van der Waals surface area contributed by atoms with Gasteiger partial charge in [-0.25, -0.2) is 0 Å². The molecule has 3 heteroatoms. The fraction of sp³-hybridized carbons (Fsp3) is 0.667. The Balaban J connectivity index is 2.48. The van der Waals surface area contributed by atoms with E-state index in [1.165, 1.54) is 5.56 Å². The highest BCUT2D eigenvalue weighted by molar-refractivity contribution is 5.16. The van der Waals surface area contributed by atoms with Crippen LogP contribution in [-0.4, -0.2) is 31.7 Å². The van der Waals surface area contributed by atoms with Gasteiger partial charge in [0, 0.05) is 25.2 Å². The molecule has 0 bridgehead atoms. The van der Waals surface area contributed by atoms with Crippen LogP contribution in [0.4, 0.5) is 0 Å². The van der Waals surface area contributed by atoms with Crippen LogP contribution < -0.4 is 16.4 Å². The Kier molecular flexibility index (Phi) is 9.31. The Morgan fingerprint density at radius 1 is 1.05 bits per heavy atom. The third kappa shape index (κ3) is 8.20. The number of benzene rings is 1. The van der Waals surface area contributed by atoms with E-state index in [-0.39, 0.29) is 0 Å². The van der Waals surface area contributed by atoms with Gasteiger partial charge in [0.05, 0.1) is 0 Å². The summed E-state index contributed by atoms with van der Waals surface area (Å²) in [5.74, 6) is 0.683. The average molecular weight is 291 g/mol. The summed E-state index contributed by atoms with van der Waals surface area (Å²) in [6.45, 7) is 9.47. The molecule has 2 atom stereocenters. The molecule has 0 fully saturated rings. The maximum Gasteiger partial charge on any atom is 0.0232 e. The molecule has 0 aliphatic rings. The third-order valence-corrected chi connectivity index (χ3v) is 3.70. The Morgan fingerprint density at radius 3 is 2.33 bits per heavy atom. The molecule has 0 radical (unpaired) electrons. The third-order valence-electron chi connectivity index (χ3n) is 3.70. The van der Waals surface area contributed by atoms with Gasteiger partial charge in [-0.2, -0.15) is 0 Å². The highest BCUT2D eigenvalue weighted by Gasteiger charge is 2.13. The summed E-state index contributed by atoms with van der Waals surface area (Å²) in [7, 11) is 0.